The van der Waals surface area contributed by atoms with E-state index >= 15 is 0 Å². The molecule has 0 spiro atoms. The molecule has 7 heteroatoms. The minimum Gasteiger partial charge on any atom is -0.386 e. The SMILES string of the molecule is CCCC1(O)CN(c2cc(C(N)=O)ccc2[N+](=O)[O-])C1. The van der Waals surface area contributed by atoms with Crippen LogP contribution in [0.5, 0.6) is 0 Å². The lowest BCUT2D eigenvalue weighted by Gasteiger charge is -2.47. The molecule has 2 rings (SSSR count). The number of rotatable bonds is 5. The summed E-state index contributed by atoms with van der Waals surface area (Å²) in [5.74, 6) is -0.634. The Labute approximate surface area is 116 Å². The average Bonchev–Trinajstić information content (AvgIpc) is 2.35. The number of β-amino-alcohol motifs (C(OH)–C–C–N with tert-alkyl or cyclic N) is 1. The molecular formula is C13H17N3O4. The molecule has 7 nitrogen and oxygen atoms in total. The number of carbonyl (C=O) groups excluding carboxylic acids is 1. The van der Waals surface area contributed by atoms with Crippen molar-refractivity contribution >= 4 is 17.3 Å². The van der Waals surface area contributed by atoms with E-state index in [-0.39, 0.29) is 11.3 Å². The van der Waals surface area contributed by atoms with E-state index in [9.17, 15) is 20.0 Å². The third kappa shape index (κ3) is 2.57. The van der Waals surface area contributed by atoms with Crippen molar-refractivity contribution in [3.63, 3.8) is 0 Å². The van der Waals surface area contributed by atoms with Crippen molar-refractivity contribution < 1.29 is 14.8 Å². The van der Waals surface area contributed by atoms with Crippen molar-refractivity contribution in [1.29, 1.82) is 0 Å². The number of anilines is 1. The predicted octanol–water partition coefficient (Wildman–Crippen LogP) is 1.04. The second-order valence-corrected chi connectivity index (χ2v) is 5.16. The lowest BCUT2D eigenvalue weighted by Crippen LogP contribution is -2.62. The lowest BCUT2D eigenvalue weighted by atomic mass is 9.88. The fourth-order valence-electron chi connectivity index (χ4n) is 2.54. The Hall–Kier alpha value is -2.15. The van der Waals surface area contributed by atoms with E-state index in [1.54, 1.807) is 4.90 Å². The van der Waals surface area contributed by atoms with Crippen molar-refractivity contribution in [3.8, 4) is 0 Å². The molecule has 0 radical (unpaired) electrons. The molecule has 0 aromatic heterocycles. The van der Waals surface area contributed by atoms with Crippen LogP contribution in [0, 0.1) is 10.1 Å². The van der Waals surface area contributed by atoms with Gasteiger partial charge in [-0.3, -0.25) is 14.9 Å². The van der Waals surface area contributed by atoms with Crippen LogP contribution in [0.1, 0.15) is 30.1 Å². The van der Waals surface area contributed by atoms with Gasteiger partial charge in [0.05, 0.1) is 10.5 Å². The Morgan fingerprint density at radius 1 is 1.55 bits per heavy atom. The molecule has 108 valence electrons. The van der Waals surface area contributed by atoms with Gasteiger partial charge in [-0.25, -0.2) is 0 Å². The standard InChI is InChI=1S/C13H17N3O4/c1-2-5-13(18)7-15(8-13)11-6-9(12(14)17)3-4-10(11)16(19)20/h3-4,6,18H,2,5,7-8H2,1H3,(H2,14,17). The molecule has 1 aromatic rings. The maximum atomic E-state index is 11.2. The van der Waals surface area contributed by atoms with Crippen LogP contribution in [0.3, 0.4) is 0 Å². The van der Waals surface area contributed by atoms with Crippen molar-refractivity contribution in [2.75, 3.05) is 18.0 Å². The number of nitro benzene ring substituents is 1. The number of nitrogens with zero attached hydrogens (tertiary/aromatic N) is 2. The minimum atomic E-state index is -0.800. The van der Waals surface area contributed by atoms with E-state index in [0.29, 0.717) is 25.2 Å². The maximum Gasteiger partial charge on any atom is 0.292 e. The Bertz CT molecular complexity index is 553. The van der Waals surface area contributed by atoms with Gasteiger partial charge < -0.3 is 15.7 Å². The van der Waals surface area contributed by atoms with Crippen LogP contribution >= 0.6 is 0 Å². The van der Waals surface area contributed by atoms with Gasteiger partial charge >= 0.3 is 0 Å². The summed E-state index contributed by atoms with van der Waals surface area (Å²) in [6, 6.07) is 4.01. The van der Waals surface area contributed by atoms with Crippen molar-refractivity contribution in [2.45, 2.75) is 25.4 Å². The first-order valence-electron chi connectivity index (χ1n) is 6.42. The molecule has 0 bridgehead atoms. The van der Waals surface area contributed by atoms with E-state index in [1.807, 2.05) is 6.92 Å². The molecule has 3 N–H and O–H groups in total. The van der Waals surface area contributed by atoms with Gasteiger partial charge in [-0.1, -0.05) is 13.3 Å². The summed E-state index contributed by atoms with van der Waals surface area (Å²) in [6.07, 6.45) is 1.49. The average molecular weight is 279 g/mol. The van der Waals surface area contributed by atoms with E-state index in [4.69, 9.17) is 5.73 Å². The van der Waals surface area contributed by atoms with Gasteiger partial charge in [0.2, 0.25) is 5.91 Å². The van der Waals surface area contributed by atoms with Gasteiger partial charge in [0.25, 0.3) is 5.69 Å². The van der Waals surface area contributed by atoms with Crippen LogP contribution in [0.2, 0.25) is 0 Å². The lowest BCUT2D eigenvalue weighted by molar-refractivity contribution is -0.384. The first kappa shape index (κ1) is 14.3. The fraction of sp³-hybridized carbons (Fsp3) is 0.462. The molecule has 1 aliphatic heterocycles. The molecule has 1 heterocycles. The summed E-state index contributed by atoms with van der Waals surface area (Å²) in [5, 5.41) is 21.2. The zero-order valence-corrected chi connectivity index (χ0v) is 11.2. The van der Waals surface area contributed by atoms with Gasteiger partial charge in [-0.15, -0.1) is 0 Å². The Morgan fingerprint density at radius 3 is 2.70 bits per heavy atom. The summed E-state index contributed by atoms with van der Waals surface area (Å²) in [7, 11) is 0. The molecular weight excluding hydrogens is 262 g/mol. The van der Waals surface area contributed by atoms with E-state index in [0.717, 1.165) is 6.42 Å². The van der Waals surface area contributed by atoms with Crippen LogP contribution in [0.15, 0.2) is 18.2 Å². The van der Waals surface area contributed by atoms with Crippen molar-refractivity contribution in [2.24, 2.45) is 5.73 Å². The van der Waals surface area contributed by atoms with Gasteiger partial charge in [0.15, 0.2) is 0 Å². The third-order valence-electron chi connectivity index (χ3n) is 3.48. The first-order valence-corrected chi connectivity index (χ1v) is 6.42. The first-order chi connectivity index (χ1) is 9.36. The van der Waals surface area contributed by atoms with E-state index in [2.05, 4.69) is 0 Å². The number of hydrogen-bond acceptors (Lipinski definition) is 5. The molecule has 1 fully saturated rings. The number of benzene rings is 1. The number of aliphatic hydroxyl groups is 1. The second kappa shape index (κ2) is 5.09. The number of carbonyl (C=O) groups is 1. The Balaban J connectivity index is 2.29. The molecule has 1 amide bonds. The largest absolute Gasteiger partial charge is 0.386 e. The van der Waals surface area contributed by atoms with Crippen molar-refractivity contribution in [1.82, 2.24) is 0 Å². The van der Waals surface area contributed by atoms with Crippen LogP contribution in [-0.4, -0.2) is 34.6 Å². The molecule has 0 atom stereocenters. The monoisotopic (exact) mass is 279 g/mol. The van der Waals surface area contributed by atoms with Gasteiger partial charge in [0.1, 0.15) is 5.69 Å². The number of amides is 1. The highest BCUT2D eigenvalue weighted by atomic mass is 16.6. The Morgan fingerprint density at radius 2 is 2.20 bits per heavy atom. The van der Waals surface area contributed by atoms with Gasteiger partial charge in [-0.2, -0.15) is 0 Å². The highest BCUT2D eigenvalue weighted by Gasteiger charge is 2.42. The summed E-state index contributed by atoms with van der Waals surface area (Å²) in [5.41, 5.74) is 4.85. The number of nitro groups is 1. The number of hydrogen-bond donors (Lipinski definition) is 2. The van der Waals surface area contributed by atoms with Crippen molar-refractivity contribution in [3.05, 3.63) is 33.9 Å². The Kier molecular flexibility index (Phi) is 3.63. The maximum absolute atomic E-state index is 11.2. The number of nitrogens with two attached hydrogens (primary N) is 1. The minimum absolute atomic E-state index is 0.0893. The van der Waals surface area contributed by atoms with Gasteiger partial charge in [0, 0.05) is 24.7 Å². The van der Waals surface area contributed by atoms with E-state index < -0.39 is 16.4 Å². The molecule has 1 saturated heterocycles. The highest BCUT2D eigenvalue weighted by molar-refractivity contribution is 5.94. The molecule has 1 aromatic carbocycles. The molecule has 0 unspecified atom stereocenters. The molecule has 0 saturated carbocycles. The molecule has 20 heavy (non-hydrogen) atoms. The second-order valence-electron chi connectivity index (χ2n) is 5.16. The summed E-state index contributed by atoms with van der Waals surface area (Å²) < 4.78 is 0. The zero-order chi connectivity index (χ0) is 14.9. The normalized spacial score (nSPS) is 16.6. The summed E-state index contributed by atoms with van der Waals surface area (Å²) in [4.78, 5) is 23.4. The number of primary amides is 1. The fourth-order valence-corrected chi connectivity index (χ4v) is 2.54. The summed E-state index contributed by atoms with van der Waals surface area (Å²) >= 11 is 0. The van der Waals surface area contributed by atoms with Gasteiger partial charge in [-0.05, 0) is 18.6 Å². The van der Waals surface area contributed by atoms with Crippen LogP contribution in [-0.2, 0) is 0 Å². The van der Waals surface area contributed by atoms with Crippen LogP contribution < -0.4 is 10.6 Å². The predicted molar refractivity (Wildman–Crippen MR) is 73.7 cm³/mol. The van der Waals surface area contributed by atoms with Crippen LogP contribution in [0.25, 0.3) is 0 Å². The molecule has 1 aliphatic rings. The third-order valence-corrected chi connectivity index (χ3v) is 3.48. The van der Waals surface area contributed by atoms with Crippen LogP contribution in [0.4, 0.5) is 11.4 Å². The molecule has 0 aliphatic carbocycles. The topological polar surface area (TPSA) is 110 Å². The highest BCUT2D eigenvalue weighted by Crippen LogP contribution is 2.37. The quantitative estimate of drug-likeness (QED) is 0.618. The smallest absolute Gasteiger partial charge is 0.292 e. The summed E-state index contributed by atoms with van der Waals surface area (Å²) in [6.45, 7) is 2.62. The zero-order valence-electron chi connectivity index (χ0n) is 11.2. The van der Waals surface area contributed by atoms with E-state index in [1.165, 1.54) is 18.2 Å².